The topological polar surface area (TPSA) is 49.8 Å². The molecule has 16 heavy (non-hydrogen) atoms. The summed E-state index contributed by atoms with van der Waals surface area (Å²) in [6.07, 6.45) is 1.59. The van der Waals surface area contributed by atoms with E-state index in [-0.39, 0.29) is 5.92 Å². The summed E-state index contributed by atoms with van der Waals surface area (Å²) in [6.45, 7) is 1.74. The fourth-order valence-corrected chi connectivity index (χ4v) is 1.56. The smallest absolute Gasteiger partial charge is 0.211 e. The van der Waals surface area contributed by atoms with Crippen LogP contribution in [-0.2, 0) is 0 Å². The van der Waals surface area contributed by atoms with E-state index in [1.54, 1.807) is 19.2 Å². The lowest BCUT2D eigenvalue weighted by molar-refractivity contribution is 0.498. The van der Waals surface area contributed by atoms with E-state index in [1.807, 2.05) is 18.2 Å². The molecule has 1 atom stereocenters. The van der Waals surface area contributed by atoms with Crippen LogP contribution in [0.15, 0.2) is 34.9 Å². The lowest BCUT2D eigenvalue weighted by Crippen LogP contribution is -1.87. The Kier molecular flexibility index (Phi) is 2.93. The Labute approximate surface area is 98.3 Å². The van der Waals surface area contributed by atoms with Crippen molar-refractivity contribution >= 4 is 11.6 Å². The summed E-state index contributed by atoms with van der Waals surface area (Å²) < 4.78 is 5.49. The molecule has 0 aliphatic rings. The van der Waals surface area contributed by atoms with Crippen LogP contribution in [0.3, 0.4) is 0 Å². The van der Waals surface area contributed by atoms with Gasteiger partial charge in [-0.3, -0.25) is 0 Å². The molecular weight excluding hydrogens is 224 g/mol. The van der Waals surface area contributed by atoms with Gasteiger partial charge in [0.05, 0.1) is 17.3 Å². The number of hydrogen-bond donors (Lipinski definition) is 0. The molecule has 0 amide bonds. The van der Waals surface area contributed by atoms with Crippen molar-refractivity contribution in [3.05, 3.63) is 41.4 Å². The highest BCUT2D eigenvalue weighted by Gasteiger charge is 2.13. The average molecular weight is 233 g/mol. The van der Waals surface area contributed by atoms with Gasteiger partial charge in [-0.15, -0.1) is 0 Å². The van der Waals surface area contributed by atoms with Crippen LogP contribution in [-0.4, -0.2) is 4.98 Å². The van der Waals surface area contributed by atoms with Crippen molar-refractivity contribution in [3.8, 4) is 17.4 Å². The fourth-order valence-electron chi connectivity index (χ4n) is 1.33. The van der Waals surface area contributed by atoms with Gasteiger partial charge >= 0.3 is 0 Å². The maximum absolute atomic E-state index is 8.75. The molecule has 1 aromatic carbocycles. The van der Waals surface area contributed by atoms with Gasteiger partial charge < -0.3 is 4.42 Å². The zero-order valence-corrected chi connectivity index (χ0v) is 9.40. The SMILES string of the molecule is CC(C#N)c1ncc(-c2ccccc2Cl)o1. The zero-order valence-electron chi connectivity index (χ0n) is 8.64. The Morgan fingerprint density at radius 2 is 2.19 bits per heavy atom. The molecule has 0 saturated carbocycles. The van der Waals surface area contributed by atoms with Gasteiger partial charge in [-0.1, -0.05) is 23.7 Å². The second-order valence-electron chi connectivity index (χ2n) is 3.39. The summed E-state index contributed by atoms with van der Waals surface area (Å²) in [7, 11) is 0. The van der Waals surface area contributed by atoms with Gasteiger partial charge in [0, 0.05) is 5.56 Å². The second-order valence-corrected chi connectivity index (χ2v) is 3.80. The first-order valence-electron chi connectivity index (χ1n) is 4.82. The summed E-state index contributed by atoms with van der Waals surface area (Å²) in [5, 5.41) is 9.35. The molecule has 1 heterocycles. The molecule has 2 aromatic rings. The van der Waals surface area contributed by atoms with E-state index in [4.69, 9.17) is 21.3 Å². The summed E-state index contributed by atoms with van der Waals surface area (Å²) >= 11 is 6.03. The Morgan fingerprint density at radius 1 is 1.44 bits per heavy atom. The first-order chi connectivity index (χ1) is 7.72. The number of halogens is 1. The monoisotopic (exact) mass is 232 g/mol. The van der Waals surface area contributed by atoms with Crippen LogP contribution >= 0.6 is 11.6 Å². The van der Waals surface area contributed by atoms with Gasteiger partial charge in [0.1, 0.15) is 5.92 Å². The number of rotatable bonds is 2. The first kappa shape index (κ1) is 10.7. The molecule has 0 N–H and O–H groups in total. The minimum Gasteiger partial charge on any atom is -0.439 e. The summed E-state index contributed by atoms with van der Waals surface area (Å²) in [5.74, 6) is 0.649. The van der Waals surface area contributed by atoms with Crippen LogP contribution in [0.5, 0.6) is 0 Å². The van der Waals surface area contributed by atoms with Crippen LogP contribution < -0.4 is 0 Å². The fraction of sp³-hybridized carbons (Fsp3) is 0.167. The maximum atomic E-state index is 8.75. The van der Waals surface area contributed by atoms with Gasteiger partial charge in [0.2, 0.25) is 5.89 Å². The van der Waals surface area contributed by atoms with E-state index in [9.17, 15) is 0 Å². The van der Waals surface area contributed by atoms with Crippen molar-refractivity contribution in [3.63, 3.8) is 0 Å². The van der Waals surface area contributed by atoms with Gasteiger partial charge in [0.15, 0.2) is 5.76 Å². The maximum Gasteiger partial charge on any atom is 0.211 e. The molecule has 3 nitrogen and oxygen atoms in total. The number of aromatic nitrogens is 1. The molecule has 0 saturated heterocycles. The first-order valence-corrected chi connectivity index (χ1v) is 5.20. The molecule has 1 unspecified atom stereocenters. The second kappa shape index (κ2) is 4.38. The van der Waals surface area contributed by atoms with E-state index in [0.29, 0.717) is 16.7 Å². The predicted octanol–water partition coefficient (Wildman–Crippen LogP) is 3.62. The van der Waals surface area contributed by atoms with Crippen LogP contribution in [0, 0.1) is 11.3 Å². The number of benzene rings is 1. The van der Waals surface area contributed by atoms with Crippen LogP contribution in [0.4, 0.5) is 0 Å². The van der Waals surface area contributed by atoms with E-state index < -0.39 is 0 Å². The molecule has 0 fully saturated rings. The van der Waals surface area contributed by atoms with Crippen LogP contribution in [0.25, 0.3) is 11.3 Å². The predicted molar refractivity (Wildman–Crippen MR) is 61.0 cm³/mol. The van der Waals surface area contributed by atoms with Crippen molar-refractivity contribution in [2.24, 2.45) is 0 Å². The Hall–Kier alpha value is -1.79. The molecule has 2 rings (SSSR count). The number of nitrogens with zero attached hydrogens (tertiary/aromatic N) is 2. The molecule has 80 valence electrons. The Bertz CT molecular complexity index is 542. The third-order valence-corrected chi connectivity index (χ3v) is 2.56. The van der Waals surface area contributed by atoms with E-state index in [2.05, 4.69) is 11.1 Å². The third kappa shape index (κ3) is 1.93. The third-order valence-electron chi connectivity index (χ3n) is 2.23. The molecule has 1 aromatic heterocycles. The number of hydrogen-bond acceptors (Lipinski definition) is 3. The van der Waals surface area contributed by atoms with Gasteiger partial charge in [-0.05, 0) is 19.1 Å². The number of oxazole rings is 1. The molecular formula is C12H9ClN2O. The van der Waals surface area contributed by atoms with Crippen molar-refractivity contribution in [2.75, 3.05) is 0 Å². The molecule has 4 heteroatoms. The molecule has 0 radical (unpaired) electrons. The lowest BCUT2D eigenvalue weighted by Gasteiger charge is -1.99. The minimum absolute atomic E-state index is 0.351. The van der Waals surface area contributed by atoms with Gasteiger partial charge in [-0.25, -0.2) is 4.98 Å². The Morgan fingerprint density at radius 3 is 2.88 bits per heavy atom. The normalized spacial score (nSPS) is 12.1. The number of nitriles is 1. The Balaban J connectivity index is 2.40. The summed E-state index contributed by atoms with van der Waals surface area (Å²) in [6, 6.07) is 9.43. The molecule has 0 spiro atoms. The van der Waals surface area contributed by atoms with Crippen molar-refractivity contribution in [2.45, 2.75) is 12.8 Å². The lowest BCUT2D eigenvalue weighted by atomic mass is 10.2. The molecule has 0 bridgehead atoms. The standard InChI is InChI=1S/C12H9ClN2O/c1-8(6-14)12-15-7-11(16-12)9-4-2-3-5-10(9)13/h2-5,7-8H,1H3. The van der Waals surface area contributed by atoms with Crippen molar-refractivity contribution in [1.82, 2.24) is 4.98 Å². The molecule has 0 aliphatic heterocycles. The van der Waals surface area contributed by atoms with E-state index in [1.165, 1.54) is 0 Å². The van der Waals surface area contributed by atoms with Crippen molar-refractivity contribution in [1.29, 1.82) is 5.26 Å². The van der Waals surface area contributed by atoms with E-state index >= 15 is 0 Å². The quantitative estimate of drug-likeness (QED) is 0.795. The average Bonchev–Trinajstić information content (AvgIpc) is 2.78. The largest absolute Gasteiger partial charge is 0.439 e. The van der Waals surface area contributed by atoms with Crippen molar-refractivity contribution < 1.29 is 4.42 Å². The van der Waals surface area contributed by atoms with Crippen LogP contribution in [0.2, 0.25) is 5.02 Å². The molecule has 0 aliphatic carbocycles. The van der Waals surface area contributed by atoms with E-state index in [0.717, 1.165) is 5.56 Å². The van der Waals surface area contributed by atoms with Gasteiger partial charge in [-0.2, -0.15) is 5.26 Å². The van der Waals surface area contributed by atoms with Crippen LogP contribution in [0.1, 0.15) is 18.7 Å². The minimum atomic E-state index is -0.351. The highest BCUT2D eigenvalue weighted by Crippen LogP contribution is 2.29. The van der Waals surface area contributed by atoms with Gasteiger partial charge in [0.25, 0.3) is 0 Å². The summed E-state index contributed by atoms with van der Waals surface area (Å²) in [5.41, 5.74) is 0.785. The highest BCUT2D eigenvalue weighted by atomic mass is 35.5. The summed E-state index contributed by atoms with van der Waals surface area (Å²) in [4.78, 5) is 4.06. The zero-order chi connectivity index (χ0) is 11.5. The highest BCUT2D eigenvalue weighted by molar-refractivity contribution is 6.33.